The van der Waals surface area contributed by atoms with Gasteiger partial charge in [0.1, 0.15) is 0 Å². The van der Waals surface area contributed by atoms with Crippen molar-refractivity contribution in [2.45, 2.75) is 123 Å². The Morgan fingerprint density at radius 3 is 1.14 bits per heavy atom. The molecule has 0 amide bonds. The molecular formula is C43H50. The summed E-state index contributed by atoms with van der Waals surface area (Å²) in [6.45, 7) is 14.2. The predicted molar refractivity (Wildman–Crippen MR) is 184 cm³/mol. The van der Waals surface area contributed by atoms with Crippen LogP contribution in [0.4, 0.5) is 0 Å². The Morgan fingerprint density at radius 1 is 0.442 bits per heavy atom. The van der Waals surface area contributed by atoms with E-state index in [0.29, 0.717) is 11.8 Å². The lowest BCUT2D eigenvalue weighted by atomic mass is 9.62. The van der Waals surface area contributed by atoms with Crippen molar-refractivity contribution in [1.29, 1.82) is 0 Å². The molecule has 3 aliphatic rings. The van der Waals surface area contributed by atoms with E-state index in [0.717, 1.165) is 0 Å². The van der Waals surface area contributed by atoms with Crippen molar-refractivity contribution < 1.29 is 0 Å². The zero-order valence-electron chi connectivity index (χ0n) is 27.5. The maximum Gasteiger partial charge on any atom is 0.0723 e. The molecule has 2 saturated carbocycles. The van der Waals surface area contributed by atoms with Crippen LogP contribution in [0.5, 0.6) is 0 Å². The molecule has 0 nitrogen and oxygen atoms in total. The molecule has 0 radical (unpaired) electrons. The Balaban J connectivity index is 1.55. The van der Waals surface area contributed by atoms with Crippen LogP contribution in [0.3, 0.4) is 0 Å². The standard InChI is InChI=1S/C43H50/c1-27-17-19-37-38-20-18-28(2)22-40(38)43(39(37)21-27,41-29(3)23-35(24-30(41)4)33-13-9-7-10-14-33)42-31(5)25-36(26-32(42)6)34-15-11-8-12-16-34/h17-26,33-34H,7-16H2,1-6H3. The van der Waals surface area contributed by atoms with E-state index < -0.39 is 0 Å². The highest BCUT2D eigenvalue weighted by molar-refractivity contribution is 5.88. The minimum atomic E-state index is -0.332. The molecule has 0 aromatic heterocycles. The molecule has 0 atom stereocenters. The van der Waals surface area contributed by atoms with Gasteiger partial charge in [0, 0.05) is 0 Å². The minimum Gasteiger partial charge on any atom is -0.0587 e. The van der Waals surface area contributed by atoms with Crippen molar-refractivity contribution in [3.05, 3.63) is 127 Å². The molecule has 2 fully saturated rings. The maximum atomic E-state index is 2.59. The molecule has 4 aromatic carbocycles. The van der Waals surface area contributed by atoms with Gasteiger partial charge in [0.25, 0.3) is 0 Å². The molecule has 0 bridgehead atoms. The monoisotopic (exact) mass is 566 g/mol. The first kappa shape index (κ1) is 28.6. The normalized spacial score (nSPS) is 18.5. The van der Waals surface area contributed by atoms with Gasteiger partial charge in [0.05, 0.1) is 5.41 Å². The van der Waals surface area contributed by atoms with Crippen molar-refractivity contribution in [1.82, 2.24) is 0 Å². The SMILES string of the molecule is Cc1ccc2c(c1)C(c1c(C)cc(C3CCCCC3)cc1C)(c1c(C)cc(C3CCCCC3)cc1C)c1cc(C)ccc1-2. The molecule has 7 rings (SSSR count). The van der Waals surface area contributed by atoms with Gasteiger partial charge in [-0.05, 0) is 146 Å². The van der Waals surface area contributed by atoms with Gasteiger partial charge in [-0.25, -0.2) is 0 Å². The molecule has 0 heteroatoms. The van der Waals surface area contributed by atoms with E-state index in [-0.39, 0.29) is 5.41 Å². The fourth-order valence-corrected chi connectivity index (χ4v) is 9.74. The predicted octanol–water partition coefficient (Wildman–Crippen LogP) is 12.0. The Labute approximate surface area is 261 Å². The minimum absolute atomic E-state index is 0.332. The van der Waals surface area contributed by atoms with Gasteiger partial charge < -0.3 is 0 Å². The van der Waals surface area contributed by atoms with E-state index in [4.69, 9.17) is 0 Å². The van der Waals surface area contributed by atoms with Crippen LogP contribution in [-0.2, 0) is 5.41 Å². The highest BCUT2D eigenvalue weighted by Crippen LogP contribution is 2.59. The van der Waals surface area contributed by atoms with Crippen LogP contribution >= 0.6 is 0 Å². The van der Waals surface area contributed by atoms with Crippen molar-refractivity contribution >= 4 is 0 Å². The molecule has 3 aliphatic carbocycles. The van der Waals surface area contributed by atoms with Gasteiger partial charge in [-0.2, -0.15) is 0 Å². The topological polar surface area (TPSA) is 0 Å². The summed E-state index contributed by atoms with van der Waals surface area (Å²) in [6.07, 6.45) is 13.7. The third-order valence-corrected chi connectivity index (χ3v) is 11.5. The highest BCUT2D eigenvalue weighted by Gasteiger charge is 2.49. The van der Waals surface area contributed by atoms with Crippen LogP contribution < -0.4 is 0 Å². The molecule has 0 unspecified atom stereocenters. The van der Waals surface area contributed by atoms with Crippen molar-refractivity contribution in [2.75, 3.05) is 0 Å². The summed E-state index contributed by atoms with van der Waals surface area (Å²) in [6, 6.07) is 24.8. The Morgan fingerprint density at radius 2 is 0.791 bits per heavy atom. The Kier molecular flexibility index (Phi) is 7.40. The van der Waals surface area contributed by atoms with Crippen LogP contribution in [0.15, 0.2) is 60.7 Å². The van der Waals surface area contributed by atoms with Crippen LogP contribution in [0.2, 0.25) is 0 Å². The summed E-state index contributed by atoms with van der Waals surface area (Å²) in [5.74, 6) is 1.42. The molecule has 0 saturated heterocycles. The van der Waals surface area contributed by atoms with Crippen molar-refractivity contribution in [3.63, 3.8) is 0 Å². The molecule has 0 spiro atoms. The number of hydrogen-bond acceptors (Lipinski definition) is 0. The Hall–Kier alpha value is -3.12. The van der Waals surface area contributed by atoms with Gasteiger partial charge in [0.15, 0.2) is 0 Å². The first-order chi connectivity index (χ1) is 20.8. The summed E-state index contributed by atoms with van der Waals surface area (Å²) >= 11 is 0. The second kappa shape index (κ2) is 11.1. The third kappa shape index (κ3) is 4.63. The van der Waals surface area contributed by atoms with Gasteiger partial charge in [-0.15, -0.1) is 0 Å². The van der Waals surface area contributed by atoms with Crippen molar-refractivity contribution in [2.24, 2.45) is 0 Å². The van der Waals surface area contributed by atoms with E-state index >= 15 is 0 Å². The first-order valence-corrected chi connectivity index (χ1v) is 17.2. The average Bonchev–Trinajstić information content (AvgIpc) is 3.26. The van der Waals surface area contributed by atoms with Crippen LogP contribution in [-0.4, -0.2) is 0 Å². The number of rotatable bonds is 4. The van der Waals surface area contributed by atoms with Gasteiger partial charge in [-0.1, -0.05) is 110 Å². The van der Waals surface area contributed by atoms with Gasteiger partial charge in [0.2, 0.25) is 0 Å². The summed E-state index contributed by atoms with van der Waals surface area (Å²) in [5.41, 5.74) is 20.1. The van der Waals surface area contributed by atoms with E-state index in [2.05, 4.69) is 102 Å². The number of fused-ring (bicyclic) bond motifs is 3. The second-order valence-electron chi connectivity index (χ2n) is 14.6. The third-order valence-electron chi connectivity index (χ3n) is 11.5. The van der Waals surface area contributed by atoms with E-state index in [1.54, 1.807) is 11.1 Å². The summed E-state index contributed by atoms with van der Waals surface area (Å²) < 4.78 is 0. The fraction of sp³-hybridized carbons (Fsp3) is 0.442. The summed E-state index contributed by atoms with van der Waals surface area (Å²) in [4.78, 5) is 0. The molecular weight excluding hydrogens is 516 g/mol. The van der Waals surface area contributed by atoms with E-state index in [1.807, 2.05) is 0 Å². The Bertz CT molecular complexity index is 1510. The van der Waals surface area contributed by atoms with Gasteiger partial charge in [-0.3, -0.25) is 0 Å². The number of benzene rings is 4. The molecule has 0 heterocycles. The van der Waals surface area contributed by atoms with Crippen LogP contribution in [0.25, 0.3) is 11.1 Å². The summed E-state index contributed by atoms with van der Waals surface area (Å²) in [5, 5.41) is 0. The quantitative estimate of drug-likeness (QED) is 0.203. The van der Waals surface area contributed by atoms with Crippen molar-refractivity contribution in [3.8, 4) is 11.1 Å². The molecule has 222 valence electrons. The van der Waals surface area contributed by atoms with E-state index in [9.17, 15) is 0 Å². The van der Waals surface area contributed by atoms with E-state index in [1.165, 1.54) is 131 Å². The lowest BCUT2D eigenvalue weighted by Crippen LogP contribution is -2.33. The zero-order valence-corrected chi connectivity index (χ0v) is 27.5. The number of aryl methyl sites for hydroxylation is 6. The lowest BCUT2D eigenvalue weighted by Gasteiger charge is -2.40. The second-order valence-corrected chi connectivity index (χ2v) is 14.6. The van der Waals surface area contributed by atoms with Crippen LogP contribution in [0, 0.1) is 41.5 Å². The number of hydrogen-bond donors (Lipinski definition) is 0. The zero-order chi connectivity index (χ0) is 29.9. The molecule has 0 N–H and O–H groups in total. The van der Waals surface area contributed by atoms with Gasteiger partial charge >= 0.3 is 0 Å². The highest BCUT2D eigenvalue weighted by atomic mass is 14.5. The first-order valence-electron chi connectivity index (χ1n) is 17.2. The largest absolute Gasteiger partial charge is 0.0723 e. The molecule has 4 aromatic rings. The smallest absolute Gasteiger partial charge is 0.0587 e. The summed E-state index contributed by atoms with van der Waals surface area (Å²) in [7, 11) is 0. The average molecular weight is 567 g/mol. The van der Waals surface area contributed by atoms with Crippen LogP contribution in [0.1, 0.15) is 143 Å². The molecule has 43 heavy (non-hydrogen) atoms. The molecule has 0 aliphatic heterocycles. The maximum absolute atomic E-state index is 2.59. The lowest BCUT2D eigenvalue weighted by molar-refractivity contribution is 0.443. The fourth-order valence-electron chi connectivity index (χ4n) is 9.74.